The van der Waals surface area contributed by atoms with Crippen LogP contribution in [0.15, 0.2) is 118 Å². The lowest BCUT2D eigenvalue weighted by molar-refractivity contribution is 0.0682. The van der Waals surface area contributed by atoms with Crippen LogP contribution in [0.1, 0.15) is 57.5 Å². The van der Waals surface area contributed by atoms with E-state index in [1.807, 2.05) is 23.5 Å². The van der Waals surface area contributed by atoms with Crippen LogP contribution in [0.4, 0.5) is 11.4 Å². The Labute approximate surface area is 335 Å². The van der Waals surface area contributed by atoms with E-state index in [1.54, 1.807) is 48.5 Å². The lowest BCUT2D eigenvalue weighted by Crippen LogP contribution is -2.38. The Balaban J connectivity index is 0.000000185. The zero-order valence-corrected chi connectivity index (χ0v) is 33.0. The first-order valence-electron chi connectivity index (χ1n) is 18.0. The summed E-state index contributed by atoms with van der Waals surface area (Å²) in [4.78, 5) is 32.4. The van der Waals surface area contributed by atoms with Crippen LogP contribution in [0.2, 0.25) is 0 Å². The molecule has 284 valence electrons. The number of halogens is 1. The van der Waals surface area contributed by atoms with E-state index in [0.717, 1.165) is 12.6 Å². The summed E-state index contributed by atoms with van der Waals surface area (Å²) in [6.07, 6.45) is 7.44. The molecule has 0 aromatic heterocycles. The number of rotatable bonds is 8. The number of carboxylic acid groups (broad SMARTS) is 2. The van der Waals surface area contributed by atoms with Crippen LogP contribution in [0.5, 0.6) is 11.5 Å². The summed E-state index contributed by atoms with van der Waals surface area (Å²) in [7, 11) is 2.30. The number of aromatic carboxylic acids is 2. The van der Waals surface area contributed by atoms with Gasteiger partial charge in [-0.25, -0.2) is 9.59 Å². The SMILES string of the molecule is CSc1ccc2c(c1)N(CCC1CCCCN1C)c1ccccc1S2.Cl.O=C(O)c1cc2ccccc2c(Cc2c(O)c(C(=O)O)cc3ccccc23)c1O. The second kappa shape index (κ2) is 17.3. The molecule has 55 heavy (non-hydrogen) atoms. The van der Waals surface area contributed by atoms with Crippen LogP contribution in [0.3, 0.4) is 0 Å². The van der Waals surface area contributed by atoms with Gasteiger partial charge in [0.15, 0.2) is 0 Å². The third kappa shape index (κ3) is 8.23. The van der Waals surface area contributed by atoms with Crippen molar-refractivity contribution in [3.63, 3.8) is 0 Å². The number of benzene rings is 6. The van der Waals surface area contributed by atoms with E-state index in [9.17, 15) is 30.0 Å². The zero-order valence-electron chi connectivity index (χ0n) is 30.6. The van der Waals surface area contributed by atoms with Crippen molar-refractivity contribution >= 4 is 80.8 Å². The maximum Gasteiger partial charge on any atom is 0.339 e. The fraction of sp³-hybridized carbons (Fsp3) is 0.227. The van der Waals surface area contributed by atoms with Crippen LogP contribution in [-0.2, 0) is 6.42 Å². The first-order valence-corrected chi connectivity index (χ1v) is 20.0. The fourth-order valence-electron chi connectivity index (χ4n) is 7.65. The maximum atomic E-state index is 11.6. The number of hydrogen-bond acceptors (Lipinski definition) is 8. The smallest absolute Gasteiger partial charge is 0.339 e. The molecule has 0 bridgehead atoms. The molecular weight excluding hydrogens is 752 g/mol. The molecule has 0 aliphatic carbocycles. The molecular formula is C44H43ClN2O6S2. The molecule has 11 heteroatoms. The number of anilines is 2. The Morgan fingerprint density at radius 2 is 1.31 bits per heavy atom. The van der Waals surface area contributed by atoms with Gasteiger partial charge in [0.25, 0.3) is 0 Å². The highest BCUT2D eigenvalue weighted by Crippen LogP contribution is 2.49. The number of likely N-dealkylation sites (tertiary alicyclic amines) is 1. The summed E-state index contributed by atoms with van der Waals surface area (Å²) >= 11 is 3.73. The molecule has 6 aromatic carbocycles. The minimum Gasteiger partial charge on any atom is -0.507 e. The topological polar surface area (TPSA) is 122 Å². The van der Waals surface area contributed by atoms with Crippen molar-refractivity contribution in [2.75, 3.05) is 31.3 Å². The molecule has 8 rings (SSSR count). The Morgan fingerprint density at radius 3 is 1.89 bits per heavy atom. The molecule has 1 fully saturated rings. The van der Waals surface area contributed by atoms with E-state index >= 15 is 0 Å². The summed E-state index contributed by atoms with van der Waals surface area (Å²) in [6, 6.07) is 33.3. The Morgan fingerprint density at radius 1 is 0.745 bits per heavy atom. The van der Waals surface area contributed by atoms with Gasteiger partial charge in [-0.05, 0) is 103 Å². The fourth-order valence-corrected chi connectivity index (χ4v) is 9.16. The Hall–Kier alpha value is -4.87. The molecule has 8 nitrogen and oxygen atoms in total. The molecule has 0 spiro atoms. The molecule has 0 amide bonds. The normalized spacial score (nSPS) is 15.0. The van der Waals surface area contributed by atoms with E-state index in [4.69, 9.17) is 0 Å². The number of carbonyl (C=O) groups is 2. The molecule has 2 heterocycles. The average Bonchev–Trinajstić information content (AvgIpc) is 3.18. The van der Waals surface area contributed by atoms with Crippen LogP contribution >= 0.6 is 35.9 Å². The molecule has 2 aliphatic rings. The standard InChI is InChI=1S/C23H16O6.C21H26N2S2.ClH/c24-20-16(14-7-3-1-5-12(14)9-18(20)22(26)27)11-17-15-8-4-2-6-13(15)10-19(21(17)25)23(28)29;1-22-13-6-5-7-16(22)12-14-23-18-8-3-4-9-20(18)25-21-11-10-17(24-2)15-19(21)23;/h1-10,24-25H,11H2,(H,26,27)(H,28,29);3-4,8-11,15-16H,5-7,12-14H2,1-2H3;1H. The number of nitrogens with zero attached hydrogens (tertiary/aromatic N) is 2. The summed E-state index contributed by atoms with van der Waals surface area (Å²) in [5, 5.41) is 42.8. The van der Waals surface area contributed by atoms with Crippen molar-refractivity contribution in [2.24, 2.45) is 0 Å². The molecule has 0 radical (unpaired) electrons. The lowest BCUT2D eigenvalue weighted by Gasteiger charge is -2.37. The van der Waals surface area contributed by atoms with Crippen LogP contribution in [-0.4, -0.2) is 69.7 Å². The van der Waals surface area contributed by atoms with Crippen molar-refractivity contribution in [2.45, 2.75) is 52.8 Å². The predicted molar refractivity (Wildman–Crippen MR) is 226 cm³/mol. The molecule has 1 saturated heterocycles. The second-order valence-corrected chi connectivity index (χ2v) is 15.7. The van der Waals surface area contributed by atoms with Crippen LogP contribution in [0.25, 0.3) is 21.5 Å². The summed E-state index contributed by atoms with van der Waals surface area (Å²) in [5.41, 5.74) is 2.87. The first-order chi connectivity index (χ1) is 26.1. The number of fused-ring (bicyclic) bond motifs is 4. The van der Waals surface area contributed by atoms with Gasteiger partial charge in [-0.15, -0.1) is 24.2 Å². The van der Waals surface area contributed by atoms with Crippen LogP contribution < -0.4 is 4.90 Å². The Kier molecular flexibility index (Phi) is 12.5. The number of hydrogen-bond donors (Lipinski definition) is 4. The van der Waals surface area contributed by atoms with E-state index in [2.05, 4.69) is 65.6 Å². The van der Waals surface area contributed by atoms with Gasteiger partial charge in [0, 0.05) is 44.8 Å². The van der Waals surface area contributed by atoms with Gasteiger partial charge in [0.2, 0.25) is 0 Å². The first kappa shape index (κ1) is 39.8. The maximum absolute atomic E-state index is 11.6. The largest absolute Gasteiger partial charge is 0.507 e. The van der Waals surface area contributed by atoms with Gasteiger partial charge >= 0.3 is 11.9 Å². The number of piperidine rings is 1. The second-order valence-electron chi connectivity index (χ2n) is 13.7. The number of aromatic hydroxyl groups is 2. The Bertz CT molecular complexity index is 2290. The van der Waals surface area contributed by atoms with E-state index in [1.165, 1.54) is 70.4 Å². The van der Waals surface area contributed by atoms with Gasteiger partial charge in [-0.2, -0.15) is 0 Å². The van der Waals surface area contributed by atoms with E-state index in [-0.39, 0.29) is 30.0 Å². The summed E-state index contributed by atoms with van der Waals surface area (Å²) in [6.45, 7) is 2.35. The highest BCUT2D eigenvalue weighted by Gasteiger charge is 2.26. The quantitative estimate of drug-likeness (QED) is 0.111. The third-order valence-corrected chi connectivity index (χ3v) is 12.4. The number of para-hydroxylation sites is 1. The lowest BCUT2D eigenvalue weighted by atomic mass is 9.90. The molecule has 1 atom stereocenters. The van der Waals surface area contributed by atoms with Gasteiger partial charge < -0.3 is 30.2 Å². The van der Waals surface area contributed by atoms with Crippen molar-refractivity contribution in [1.29, 1.82) is 0 Å². The van der Waals surface area contributed by atoms with E-state index < -0.39 is 23.4 Å². The zero-order chi connectivity index (χ0) is 37.9. The van der Waals surface area contributed by atoms with Gasteiger partial charge in [-0.1, -0.05) is 78.8 Å². The summed E-state index contributed by atoms with van der Waals surface area (Å²) < 4.78 is 0. The van der Waals surface area contributed by atoms with Crippen molar-refractivity contribution in [3.8, 4) is 11.5 Å². The van der Waals surface area contributed by atoms with Crippen molar-refractivity contribution < 1.29 is 30.0 Å². The third-order valence-electron chi connectivity index (χ3n) is 10.5. The van der Waals surface area contributed by atoms with Crippen molar-refractivity contribution in [3.05, 3.63) is 125 Å². The van der Waals surface area contributed by atoms with Crippen LogP contribution in [0, 0.1) is 0 Å². The minimum absolute atomic E-state index is 0. The average molecular weight is 795 g/mol. The molecule has 0 saturated carbocycles. The predicted octanol–water partition coefficient (Wildman–Crippen LogP) is 10.7. The number of carboxylic acids is 2. The molecule has 6 aromatic rings. The monoisotopic (exact) mass is 794 g/mol. The minimum atomic E-state index is -1.28. The highest BCUT2D eigenvalue weighted by atomic mass is 35.5. The summed E-state index contributed by atoms with van der Waals surface area (Å²) in [5.74, 6) is -3.36. The number of thioether (sulfide) groups is 1. The molecule has 2 aliphatic heterocycles. The molecule has 1 unspecified atom stereocenters. The molecule has 4 N–H and O–H groups in total. The number of phenols is 2. The highest BCUT2D eigenvalue weighted by molar-refractivity contribution is 8.00. The van der Waals surface area contributed by atoms with E-state index in [0.29, 0.717) is 32.7 Å². The van der Waals surface area contributed by atoms with Gasteiger partial charge in [-0.3, -0.25) is 0 Å². The van der Waals surface area contributed by atoms with Gasteiger partial charge in [0.05, 0.1) is 11.4 Å². The van der Waals surface area contributed by atoms with Gasteiger partial charge in [0.1, 0.15) is 22.6 Å². The van der Waals surface area contributed by atoms with Crippen molar-refractivity contribution in [1.82, 2.24) is 4.90 Å².